The maximum Gasteiger partial charge on any atom is 0.293 e. The maximum atomic E-state index is 13.9. The van der Waals surface area contributed by atoms with E-state index < -0.39 is 0 Å². The van der Waals surface area contributed by atoms with Gasteiger partial charge in [0.2, 0.25) is 0 Å². The second-order valence-corrected chi connectivity index (χ2v) is 9.76. The number of imide groups is 1. The Bertz CT molecular complexity index is 1330. The fourth-order valence-corrected chi connectivity index (χ4v) is 4.97. The smallest absolute Gasteiger partial charge is 0.293 e. The first-order chi connectivity index (χ1) is 17.4. The second kappa shape index (κ2) is 11.6. The molecular weight excluding hydrogens is 549 g/mol. The van der Waals surface area contributed by atoms with Crippen molar-refractivity contribution in [1.82, 2.24) is 4.90 Å². The SMILES string of the molecule is COc1cc(/C=C2\SC(=O)N(CCOc3cccc(C)c3)C2=O)cc(Br)c1OCc1ccccc1F. The van der Waals surface area contributed by atoms with E-state index in [-0.39, 0.29) is 36.7 Å². The van der Waals surface area contributed by atoms with Gasteiger partial charge in [-0.25, -0.2) is 4.39 Å². The quantitative estimate of drug-likeness (QED) is 0.269. The lowest BCUT2D eigenvalue weighted by molar-refractivity contribution is -0.123. The Labute approximate surface area is 221 Å². The van der Waals surface area contributed by atoms with E-state index in [4.69, 9.17) is 14.2 Å². The third kappa shape index (κ3) is 6.09. The van der Waals surface area contributed by atoms with Gasteiger partial charge in [-0.2, -0.15) is 0 Å². The van der Waals surface area contributed by atoms with Crippen molar-refractivity contribution in [2.75, 3.05) is 20.3 Å². The molecule has 1 fully saturated rings. The number of amides is 2. The van der Waals surface area contributed by atoms with Gasteiger partial charge in [0.15, 0.2) is 11.5 Å². The number of thioether (sulfide) groups is 1. The molecule has 3 aromatic rings. The van der Waals surface area contributed by atoms with Crippen molar-refractivity contribution in [2.45, 2.75) is 13.5 Å². The fourth-order valence-electron chi connectivity index (χ4n) is 3.53. The first-order valence-electron chi connectivity index (χ1n) is 11.0. The van der Waals surface area contributed by atoms with E-state index in [1.54, 1.807) is 36.4 Å². The van der Waals surface area contributed by atoms with Crippen LogP contribution in [0.4, 0.5) is 9.18 Å². The average molecular weight is 572 g/mol. The molecule has 6 nitrogen and oxygen atoms in total. The molecule has 186 valence electrons. The minimum atomic E-state index is -0.382. The average Bonchev–Trinajstić information content (AvgIpc) is 3.11. The largest absolute Gasteiger partial charge is 0.493 e. The summed E-state index contributed by atoms with van der Waals surface area (Å²) in [6, 6.07) is 17.4. The molecule has 0 bridgehead atoms. The summed E-state index contributed by atoms with van der Waals surface area (Å²) in [6.45, 7) is 2.32. The van der Waals surface area contributed by atoms with Crippen molar-refractivity contribution in [2.24, 2.45) is 0 Å². The number of rotatable bonds is 9. The number of benzene rings is 3. The zero-order chi connectivity index (χ0) is 25.7. The van der Waals surface area contributed by atoms with E-state index in [1.165, 1.54) is 18.1 Å². The van der Waals surface area contributed by atoms with Gasteiger partial charge < -0.3 is 14.2 Å². The summed E-state index contributed by atoms with van der Waals surface area (Å²) in [5.41, 5.74) is 2.11. The number of methoxy groups -OCH3 is 1. The second-order valence-electron chi connectivity index (χ2n) is 7.91. The van der Waals surface area contributed by atoms with Crippen LogP contribution in [0.1, 0.15) is 16.7 Å². The topological polar surface area (TPSA) is 65.1 Å². The predicted molar refractivity (Wildman–Crippen MR) is 141 cm³/mol. The van der Waals surface area contributed by atoms with Gasteiger partial charge in [0, 0.05) is 5.56 Å². The third-order valence-electron chi connectivity index (χ3n) is 5.33. The Morgan fingerprint density at radius 1 is 1.06 bits per heavy atom. The number of ether oxygens (including phenoxy) is 3. The number of carbonyl (C=O) groups excluding carboxylic acids is 2. The van der Waals surface area contributed by atoms with Crippen molar-refractivity contribution in [3.63, 3.8) is 0 Å². The van der Waals surface area contributed by atoms with E-state index in [0.29, 0.717) is 37.8 Å². The Kier molecular flexibility index (Phi) is 8.32. The zero-order valence-corrected chi connectivity index (χ0v) is 22.0. The van der Waals surface area contributed by atoms with Crippen molar-refractivity contribution < 1.29 is 28.2 Å². The molecule has 1 aliphatic heterocycles. The number of halogens is 2. The molecule has 0 aliphatic carbocycles. The monoisotopic (exact) mass is 571 g/mol. The van der Waals surface area contributed by atoms with E-state index >= 15 is 0 Å². The van der Waals surface area contributed by atoms with Crippen molar-refractivity contribution in [3.05, 3.63) is 92.5 Å². The first-order valence-corrected chi connectivity index (χ1v) is 12.6. The Morgan fingerprint density at radius 2 is 1.86 bits per heavy atom. The van der Waals surface area contributed by atoms with Crippen LogP contribution in [0.25, 0.3) is 6.08 Å². The lowest BCUT2D eigenvalue weighted by Crippen LogP contribution is -2.32. The number of hydrogen-bond acceptors (Lipinski definition) is 6. The zero-order valence-electron chi connectivity index (χ0n) is 19.6. The summed E-state index contributed by atoms with van der Waals surface area (Å²) >= 11 is 4.34. The van der Waals surface area contributed by atoms with Crippen molar-refractivity contribution >= 4 is 44.9 Å². The number of hydrogen-bond donors (Lipinski definition) is 0. The van der Waals surface area contributed by atoms with Gasteiger partial charge in [-0.3, -0.25) is 14.5 Å². The standard InChI is InChI=1S/C27H23BrFNO5S/c1-17-6-5-8-20(12-17)34-11-10-30-26(31)24(36-27(30)32)15-18-13-21(28)25(23(14-18)33-2)35-16-19-7-3-4-9-22(19)29/h3-9,12-15H,10-11,16H2,1-2H3/b24-15-. The summed E-state index contributed by atoms with van der Waals surface area (Å²) < 4.78 is 31.5. The van der Waals surface area contributed by atoms with Crippen LogP contribution >= 0.6 is 27.7 Å². The van der Waals surface area contributed by atoms with Crippen LogP contribution < -0.4 is 14.2 Å². The van der Waals surface area contributed by atoms with Gasteiger partial charge in [0.05, 0.1) is 23.0 Å². The van der Waals surface area contributed by atoms with E-state index in [9.17, 15) is 14.0 Å². The summed E-state index contributed by atoms with van der Waals surface area (Å²) in [5, 5.41) is -0.352. The lowest BCUT2D eigenvalue weighted by Gasteiger charge is -2.14. The molecule has 0 aromatic heterocycles. The highest BCUT2D eigenvalue weighted by Gasteiger charge is 2.35. The molecule has 2 amide bonds. The summed E-state index contributed by atoms with van der Waals surface area (Å²) in [5.74, 6) is 0.751. The highest BCUT2D eigenvalue weighted by atomic mass is 79.9. The van der Waals surface area contributed by atoms with E-state index in [1.807, 2.05) is 31.2 Å². The van der Waals surface area contributed by atoms with Crippen LogP contribution in [-0.4, -0.2) is 36.3 Å². The molecule has 9 heteroatoms. The molecule has 1 aliphatic rings. The highest BCUT2D eigenvalue weighted by Crippen LogP contribution is 2.39. The number of carbonyl (C=O) groups is 2. The minimum Gasteiger partial charge on any atom is -0.493 e. The van der Waals surface area contributed by atoms with Gasteiger partial charge in [-0.1, -0.05) is 30.3 Å². The van der Waals surface area contributed by atoms with E-state index in [0.717, 1.165) is 17.3 Å². The highest BCUT2D eigenvalue weighted by molar-refractivity contribution is 9.10. The third-order valence-corrected chi connectivity index (χ3v) is 6.82. The van der Waals surface area contributed by atoms with Crippen molar-refractivity contribution in [1.29, 1.82) is 0 Å². The fraction of sp³-hybridized carbons (Fsp3) is 0.185. The van der Waals surface area contributed by atoms with Gasteiger partial charge in [0.1, 0.15) is 24.8 Å². The molecule has 1 saturated heterocycles. The molecule has 0 unspecified atom stereocenters. The maximum absolute atomic E-state index is 13.9. The Hall–Kier alpha value is -3.30. The van der Waals surface area contributed by atoms with Gasteiger partial charge in [0.25, 0.3) is 11.1 Å². The molecule has 0 atom stereocenters. The Morgan fingerprint density at radius 3 is 2.61 bits per heavy atom. The molecule has 0 N–H and O–H groups in total. The summed E-state index contributed by atoms with van der Waals surface area (Å²) in [6.07, 6.45) is 1.63. The summed E-state index contributed by atoms with van der Waals surface area (Å²) in [7, 11) is 1.49. The van der Waals surface area contributed by atoms with Gasteiger partial charge in [-0.05, 0) is 82.2 Å². The van der Waals surface area contributed by atoms with Crippen LogP contribution in [0.3, 0.4) is 0 Å². The minimum absolute atomic E-state index is 0.0183. The van der Waals surface area contributed by atoms with Crippen LogP contribution in [0, 0.1) is 12.7 Å². The first kappa shape index (κ1) is 25.8. The van der Waals surface area contributed by atoms with Crippen LogP contribution in [0.5, 0.6) is 17.2 Å². The van der Waals surface area contributed by atoms with Gasteiger partial charge >= 0.3 is 0 Å². The van der Waals surface area contributed by atoms with Crippen LogP contribution in [-0.2, 0) is 11.4 Å². The Balaban J connectivity index is 1.44. The normalized spacial score (nSPS) is 14.4. The summed E-state index contributed by atoms with van der Waals surface area (Å²) in [4.78, 5) is 26.8. The van der Waals surface area contributed by atoms with Crippen LogP contribution in [0.15, 0.2) is 70.0 Å². The lowest BCUT2D eigenvalue weighted by atomic mass is 10.1. The molecule has 0 saturated carbocycles. The molecule has 3 aromatic carbocycles. The molecule has 4 rings (SSSR count). The van der Waals surface area contributed by atoms with E-state index in [2.05, 4.69) is 15.9 Å². The predicted octanol–water partition coefficient (Wildman–Crippen LogP) is 6.60. The molecular formula is C27H23BrFNO5S. The molecule has 1 heterocycles. The molecule has 0 radical (unpaired) electrons. The van der Waals surface area contributed by atoms with Crippen molar-refractivity contribution in [3.8, 4) is 17.2 Å². The number of aryl methyl sites for hydroxylation is 1. The van der Waals surface area contributed by atoms with Crippen LogP contribution in [0.2, 0.25) is 0 Å². The van der Waals surface area contributed by atoms with Gasteiger partial charge in [-0.15, -0.1) is 0 Å². The number of nitrogens with zero attached hydrogens (tertiary/aromatic N) is 1. The molecule has 36 heavy (non-hydrogen) atoms. The molecule has 0 spiro atoms.